The molecule has 0 unspecified atom stereocenters. The molecule has 0 atom stereocenters. The molecule has 1 saturated heterocycles. The zero-order valence-electron chi connectivity index (χ0n) is 14.1. The Morgan fingerprint density at radius 1 is 1.15 bits per heavy atom. The Morgan fingerprint density at radius 2 is 1.92 bits per heavy atom. The lowest BCUT2D eigenvalue weighted by molar-refractivity contribution is -0.131. The molecule has 1 aromatic carbocycles. The van der Waals surface area contributed by atoms with E-state index in [0.717, 1.165) is 16.5 Å². The Morgan fingerprint density at radius 3 is 2.69 bits per heavy atom. The SMILES string of the molecule is O=C(Cc1c[nH]c2ccccc12)N1CCN(C(=O)Nc2nccs2)CC1. The molecule has 0 aliphatic carbocycles. The lowest BCUT2D eigenvalue weighted by Crippen LogP contribution is -2.52. The van der Waals surface area contributed by atoms with Crippen molar-refractivity contribution < 1.29 is 9.59 Å². The van der Waals surface area contributed by atoms with Crippen molar-refractivity contribution in [2.45, 2.75) is 6.42 Å². The number of carbonyl (C=O) groups excluding carboxylic acids is 2. The summed E-state index contributed by atoms with van der Waals surface area (Å²) in [5.41, 5.74) is 2.05. The number of nitrogens with zero attached hydrogens (tertiary/aromatic N) is 3. The number of anilines is 1. The second-order valence-electron chi connectivity index (χ2n) is 6.17. The van der Waals surface area contributed by atoms with E-state index in [2.05, 4.69) is 15.3 Å². The first kappa shape index (κ1) is 16.6. The molecular formula is C18H19N5O2S. The average Bonchev–Trinajstić information content (AvgIpc) is 3.32. The van der Waals surface area contributed by atoms with E-state index >= 15 is 0 Å². The third-order valence-corrected chi connectivity index (χ3v) is 5.27. The molecule has 3 heterocycles. The zero-order valence-corrected chi connectivity index (χ0v) is 15.0. The molecule has 134 valence electrons. The molecule has 3 aromatic rings. The summed E-state index contributed by atoms with van der Waals surface area (Å²) in [6.07, 6.45) is 3.93. The number of H-pyrrole nitrogens is 1. The molecule has 7 nitrogen and oxygen atoms in total. The van der Waals surface area contributed by atoms with E-state index in [9.17, 15) is 9.59 Å². The number of aromatic amines is 1. The van der Waals surface area contributed by atoms with Gasteiger partial charge < -0.3 is 14.8 Å². The highest BCUT2D eigenvalue weighted by atomic mass is 32.1. The van der Waals surface area contributed by atoms with E-state index in [0.29, 0.717) is 37.7 Å². The molecule has 0 saturated carbocycles. The van der Waals surface area contributed by atoms with Crippen LogP contribution in [0.15, 0.2) is 42.0 Å². The molecular weight excluding hydrogens is 350 g/mol. The van der Waals surface area contributed by atoms with Gasteiger partial charge in [-0.3, -0.25) is 10.1 Å². The summed E-state index contributed by atoms with van der Waals surface area (Å²) < 4.78 is 0. The third-order valence-electron chi connectivity index (χ3n) is 4.58. The molecule has 2 aromatic heterocycles. The second-order valence-corrected chi connectivity index (χ2v) is 7.07. The Labute approximate surface area is 154 Å². The normalized spacial score (nSPS) is 14.6. The van der Waals surface area contributed by atoms with Gasteiger partial charge in [-0.15, -0.1) is 11.3 Å². The number of para-hydroxylation sites is 1. The third kappa shape index (κ3) is 3.41. The monoisotopic (exact) mass is 369 g/mol. The smallest absolute Gasteiger partial charge is 0.323 e. The van der Waals surface area contributed by atoms with E-state index < -0.39 is 0 Å². The van der Waals surface area contributed by atoms with Crippen molar-refractivity contribution in [1.29, 1.82) is 0 Å². The average molecular weight is 369 g/mol. The molecule has 0 radical (unpaired) electrons. The van der Waals surface area contributed by atoms with E-state index in [4.69, 9.17) is 0 Å². The number of carbonyl (C=O) groups is 2. The predicted molar refractivity (Wildman–Crippen MR) is 101 cm³/mol. The molecule has 3 amide bonds. The lowest BCUT2D eigenvalue weighted by atomic mass is 10.1. The van der Waals surface area contributed by atoms with E-state index in [1.54, 1.807) is 11.1 Å². The first-order valence-electron chi connectivity index (χ1n) is 8.49. The number of hydrogen-bond donors (Lipinski definition) is 2. The highest BCUT2D eigenvalue weighted by Crippen LogP contribution is 2.19. The topological polar surface area (TPSA) is 81.3 Å². The van der Waals surface area contributed by atoms with Gasteiger partial charge in [0.25, 0.3) is 0 Å². The van der Waals surface area contributed by atoms with Crippen LogP contribution in [0.2, 0.25) is 0 Å². The summed E-state index contributed by atoms with van der Waals surface area (Å²) >= 11 is 1.39. The van der Waals surface area contributed by atoms with Gasteiger partial charge in [0.15, 0.2) is 5.13 Å². The highest BCUT2D eigenvalue weighted by Gasteiger charge is 2.25. The standard InChI is InChI=1S/C18H19N5O2S/c24-16(11-13-12-20-15-4-2-1-3-14(13)15)22-6-8-23(9-7-22)18(25)21-17-19-5-10-26-17/h1-5,10,12,20H,6-9,11H2,(H,19,21,25). The van der Waals surface area contributed by atoms with Crippen molar-refractivity contribution >= 4 is 39.3 Å². The maximum absolute atomic E-state index is 12.6. The van der Waals surface area contributed by atoms with E-state index in [-0.39, 0.29) is 11.9 Å². The van der Waals surface area contributed by atoms with Crippen molar-refractivity contribution in [1.82, 2.24) is 19.8 Å². The number of thiazole rings is 1. The van der Waals surface area contributed by atoms with Gasteiger partial charge in [0.05, 0.1) is 6.42 Å². The van der Waals surface area contributed by atoms with Crippen LogP contribution in [0.1, 0.15) is 5.56 Å². The van der Waals surface area contributed by atoms with Crippen LogP contribution < -0.4 is 5.32 Å². The number of nitrogens with one attached hydrogen (secondary N) is 2. The van der Waals surface area contributed by atoms with Gasteiger partial charge in [0.1, 0.15) is 0 Å². The number of amides is 3. The molecule has 8 heteroatoms. The molecule has 1 aliphatic rings. The van der Waals surface area contributed by atoms with Crippen LogP contribution in [-0.2, 0) is 11.2 Å². The second kappa shape index (κ2) is 7.17. The largest absolute Gasteiger partial charge is 0.361 e. The van der Waals surface area contributed by atoms with Gasteiger partial charge in [-0.2, -0.15) is 0 Å². The molecule has 0 spiro atoms. The van der Waals surface area contributed by atoms with Crippen molar-refractivity contribution in [2.75, 3.05) is 31.5 Å². The Balaban J connectivity index is 1.32. The van der Waals surface area contributed by atoms with Gasteiger partial charge in [0, 0.05) is 54.9 Å². The number of aromatic nitrogens is 2. The number of rotatable bonds is 3. The van der Waals surface area contributed by atoms with Crippen molar-refractivity contribution in [2.24, 2.45) is 0 Å². The minimum absolute atomic E-state index is 0.0923. The minimum Gasteiger partial charge on any atom is -0.361 e. The van der Waals surface area contributed by atoms with Crippen molar-refractivity contribution in [3.05, 3.63) is 47.6 Å². The highest BCUT2D eigenvalue weighted by molar-refractivity contribution is 7.13. The van der Waals surface area contributed by atoms with E-state index in [1.807, 2.05) is 40.7 Å². The number of fused-ring (bicyclic) bond motifs is 1. The van der Waals surface area contributed by atoms with Gasteiger partial charge >= 0.3 is 6.03 Å². The number of benzene rings is 1. The summed E-state index contributed by atoms with van der Waals surface area (Å²) in [5.74, 6) is 0.0923. The summed E-state index contributed by atoms with van der Waals surface area (Å²) in [4.78, 5) is 35.6. The van der Waals surface area contributed by atoms with Crippen molar-refractivity contribution in [3.63, 3.8) is 0 Å². The van der Waals surface area contributed by atoms with Crippen molar-refractivity contribution in [3.8, 4) is 0 Å². The van der Waals surface area contributed by atoms with E-state index in [1.165, 1.54) is 11.3 Å². The van der Waals surface area contributed by atoms with Crippen LogP contribution in [0.5, 0.6) is 0 Å². The lowest BCUT2D eigenvalue weighted by Gasteiger charge is -2.34. The number of urea groups is 1. The zero-order chi connectivity index (χ0) is 17.9. The van der Waals surface area contributed by atoms with Gasteiger partial charge in [-0.05, 0) is 11.6 Å². The summed E-state index contributed by atoms with van der Waals surface area (Å²) in [5, 5.41) is 6.27. The predicted octanol–water partition coefficient (Wildman–Crippen LogP) is 2.54. The molecule has 4 rings (SSSR count). The molecule has 1 aliphatic heterocycles. The van der Waals surface area contributed by atoms with Gasteiger partial charge in [-0.1, -0.05) is 18.2 Å². The minimum atomic E-state index is -0.163. The van der Waals surface area contributed by atoms with Crippen LogP contribution in [-0.4, -0.2) is 57.9 Å². The molecule has 0 bridgehead atoms. The molecule has 2 N–H and O–H groups in total. The molecule has 26 heavy (non-hydrogen) atoms. The Hall–Kier alpha value is -2.87. The quantitative estimate of drug-likeness (QED) is 0.744. The van der Waals surface area contributed by atoms with Crippen LogP contribution >= 0.6 is 11.3 Å². The van der Waals surface area contributed by atoms with Gasteiger partial charge in [-0.25, -0.2) is 9.78 Å². The Kier molecular flexibility index (Phi) is 4.57. The maximum Gasteiger partial charge on any atom is 0.323 e. The fourth-order valence-electron chi connectivity index (χ4n) is 3.17. The van der Waals surface area contributed by atoms with Crippen LogP contribution in [0, 0.1) is 0 Å². The van der Waals surface area contributed by atoms with Gasteiger partial charge in [0.2, 0.25) is 5.91 Å². The maximum atomic E-state index is 12.6. The first-order chi connectivity index (χ1) is 12.7. The first-order valence-corrected chi connectivity index (χ1v) is 9.37. The summed E-state index contributed by atoms with van der Waals surface area (Å²) in [7, 11) is 0. The summed E-state index contributed by atoms with van der Waals surface area (Å²) in [6, 6.07) is 7.81. The Bertz CT molecular complexity index is 913. The summed E-state index contributed by atoms with van der Waals surface area (Å²) in [6.45, 7) is 2.15. The fraction of sp³-hybridized carbons (Fsp3) is 0.278. The molecule has 1 fully saturated rings. The van der Waals surface area contributed by atoms with Crippen LogP contribution in [0.4, 0.5) is 9.93 Å². The van der Waals surface area contributed by atoms with Crippen LogP contribution in [0.3, 0.4) is 0 Å². The fourth-order valence-corrected chi connectivity index (χ4v) is 3.69. The number of piperazine rings is 1. The number of hydrogen-bond acceptors (Lipinski definition) is 4. The van der Waals surface area contributed by atoms with Crippen LogP contribution in [0.25, 0.3) is 10.9 Å².